The van der Waals surface area contributed by atoms with Gasteiger partial charge in [0.15, 0.2) is 12.4 Å². The Morgan fingerprint density at radius 2 is 1.77 bits per heavy atom. The summed E-state index contributed by atoms with van der Waals surface area (Å²) in [6.07, 6.45) is -0.176. The topological polar surface area (TPSA) is 81.7 Å². The number of rotatable bonds is 8. The van der Waals surface area contributed by atoms with E-state index in [-0.39, 0.29) is 31.1 Å². The van der Waals surface area contributed by atoms with Gasteiger partial charge >= 0.3 is 5.97 Å². The Morgan fingerprint density at radius 1 is 1.04 bits per heavy atom. The number of ether oxygens (including phenoxy) is 2. The maximum Gasteiger partial charge on any atom is 0.306 e. The fourth-order valence-corrected chi connectivity index (χ4v) is 2.27. The highest BCUT2D eigenvalue weighted by atomic mass is 35.5. The van der Waals surface area contributed by atoms with Gasteiger partial charge in [0.2, 0.25) is 5.91 Å². The molecule has 0 aliphatic rings. The summed E-state index contributed by atoms with van der Waals surface area (Å²) in [5.74, 6) is -0.660. The van der Waals surface area contributed by atoms with Crippen LogP contribution < -0.4 is 10.1 Å². The van der Waals surface area contributed by atoms with Crippen LogP contribution in [0.25, 0.3) is 0 Å². The lowest BCUT2D eigenvalue weighted by Gasteiger charge is -2.07. The van der Waals surface area contributed by atoms with Crippen LogP contribution in [0.5, 0.6) is 5.75 Å². The number of benzene rings is 2. The molecule has 7 heteroatoms. The molecule has 0 aliphatic heterocycles. The monoisotopic (exact) mass is 375 g/mol. The third kappa shape index (κ3) is 6.22. The van der Waals surface area contributed by atoms with Gasteiger partial charge in [0.1, 0.15) is 5.75 Å². The third-order valence-corrected chi connectivity index (χ3v) is 3.68. The Hall–Kier alpha value is -2.86. The molecule has 1 N–H and O–H groups in total. The molecule has 0 radical (unpaired) electrons. The molecule has 0 heterocycles. The number of hydrogen-bond donors (Lipinski definition) is 1. The van der Waals surface area contributed by atoms with Crippen LogP contribution in [0.3, 0.4) is 0 Å². The summed E-state index contributed by atoms with van der Waals surface area (Å²) in [4.78, 5) is 35.5. The lowest BCUT2D eigenvalue weighted by Crippen LogP contribution is -2.17. The number of ketones is 1. The van der Waals surface area contributed by atoms with Crippen LogP contribution in [0.2, 0.25) is 5.02 Å². The van der Waals surface area contributed by atoms with Crippen molar-refractivity contribution in [1.82, 2.24) is 0 Å². The average molecular weight is 376 g/mol. The van der Waals surface area contributed by atoms with Crippen molar-refractivity contribution in [2.75, 3.05) is 19.0 Å². The van der Waals surface area contributed by atoms with Gasteiger partial charge in [-0.25, -0.2) is 0 Å². The van der Waals surface area contributed by atoms with Gasteiger partial charge in [0.25, 0.3) is 0 Å². The Morgan fingerprint density at radius 3 is 2.42 bits per heavy atom. The normalized spacial score (nSPS) is 10.1. The summed E-state index contributed by atoms with van der Waals surface area (Å²) in [5, 5.41) is 3.13. The lowest BCUT2D eigenvalue weighted by molar-refractivity contribution is -0.143. The molecule has 2 rings (SSSR count). The molecule has 0 saturated heterocycles. The summed E-state index contributed by atoms with van der Waals surface area (Å²) in [5.41, 5.74) is 0.961. The Labute approximate surface area is 156 Å². The van der Waals surface area contributed by atoms with E-state index in [1.807, 2.05) is 0 Å². The van der Waals surface area contributed by atoms with E-state index in [9.17, 15) is 14.4 Å². The molecule has 0 bridgehead atoms. The molecule has 6 nitrogen and oxygen atoms in total. The Bertz CT molecular complexity index is 789. The standard InChI is InChI=1S/C19H18ClNO5/c1-25-16-7-5-13(6-8-16)17(22)12-26-19(24)10-9-18(23)21-15-4-2-3-14(20)11-15/h2-8,11H,9-10,12H2,1H3,(H,21,23). The van der Waals surface area contributed by atoms with Gasteiger partial charge in [0, 0.05) is 22.7 Å². The highest BCUT2D eigenvalue weighted by Gasteiger charge is 2.12. The molecule has 0 unspecified atom stereocenters. The van der Waals surface area contributed by atoms with Crippen LogP contribution >= 0.6 is 11.6 Å². The highest BCUT2D eigenvalue weighted by Crippen LogP contribution is 2.15. The highest BCUT2D eigenvalue weighted by molar-refractivity contribution is 6.30. The van der Waals surface area contributed by atoms with Crippen molar-refractivity contribution in [1.29, 1.82) is 0 Å². The van der Waals surface area contributed by atoms with Gasteiger partial charge in [-0.3, -0.25) is 14.4 Å². The van der Waals surface area contributed by atoms with Crippen molar-refractivity contribution in [2.45, 2.75) is 12.8 Å². The fraction of sp³-hybridized carbons (Fsp3) is 0.211. The molecule has 0 aromatic heterocycles. The molecule has 2 aromatic carbocycles. The van der Waals surface area contributed by atoms with E-state index in [0.717, 1.165) is 0 Å². The van der Waals surface area contributed by atoms with Gasteiger partial charge < -0.3 is 14.8 Å². The van der Waals surface area contributed by atoms with Crippen LogP contribution in [-0.4, -0.2) is 31.4 Å². The zero-order valence-corrected chi connectivity index (χ0v) is 14.9. The van der Waals surface area contributed by atoms with E-state index >= 15 is 0 Å². The summed E-state index contributed by atoms with van der Waals surface area (Å²) in [6, 6.07) is 13.2. The molecular weight excluding hydrogens is 358 g/mol. The first-order chi connectivity index (χ1) is 12.5. The van der Waals surface area contributed by atoms with E-state index in [4.69, 9.17) is 21.1 Å². The van der Waals surface area contributed by atoms with Crippen LogP contribution in [0.1, 0.15) is 23.2 Å². The van der Waals surface area contributed by atoms with E-state index < -0.39 is 5.97 Å². The quantitative estimate of drug-likeness (QED) is 0.564. The minimum Gasteiger partial charge on any atom is -0.497 e. The molecule has 0 atom stereocenters. The minimum absolute atomic E-state index is 0.0535. The van der Waals surface area contributed by atoms with E-state index in [1.54, 1.807) is 48.5 Å². The largest absolute Gasteiger partial charge is 0.497 e. The second kappa shape index (κ2) is 9.58. The minimum atomic E-state index is -0.617. The zero-order chi connectivity index (χ0) is 18.9. The molecule has 0 aliphatic carbocycles. The van der Waals surface area contributed by atoms with Gasteiger partial charge in [-0.15, -0.1) is 0 Å². The molecule has 0 saturated carbocycles. The van der Waals surface area contributed by atoms with Crippen LogP contribution in [0.4, 0.5) is 5.69 Å². The fourth-order valence-electron chi connectivity index (χ4n) is 2.08. The first-order valence-electron chi connectivity index (χ1n) is 7.86. The summed E-state index contributed by atoms with van der Waals surface area (Å²) < 4.78 is 9.92. The van der Waals surface area contributed by atoms with Crippen LogP contribution in [-0.2, 0) is 14.3 Å². The number of methoxy groups -OCH3 is 1. The van der Waals surface area contributed by atoms with E-state index in [2.05, 4.69) is 5.32 Å². The smallest absolute Gasteiger partial charge is 0.306 e. The number of Topliss-reactive ketones (excluding diaryl/α,β-unsaturated/α-hetero) is 1. The maximum absolute atomic E-state index is 12.0. The second-order valence-corrected chi connectivity index (χ2v) is 5.81. The van der Waals surface area contributed by atoms with Gasteiger partial charge in [0.05, 0.1) is 13.5 Å². The van der Waals surface area contributed by atoms with Crippen LogP contribution in [0, 0.1) is 0 Å². The number of esters is 1. The number of anilines is 1. The van der Waals surface area contributed by atoms with Gasteiger partial charge in [-0.2, -0.15) is 0 Å². The summed E-state index contributed by atoms with van der Waals surface area (Å²) >= 11 is 5.83. The first kappa shape index (κ1) is 19.5. The first-order valence-corrected chi connectivity index (χ1v) is 8.24. The third-order valence-electron chi connectivity index (χ3n) is 3.44. The number of nitrogens with one attached hydrogen (secondary N) is 1. The molecule has 1 amide bonds. The number of halogens is 1. The summed E-state index contributed by atoms with van der Waals surface area (Å²) in [6.45, 7) is -0.374. The van der Waals surface area contributed by atoms with Crippen molar-refractivity contribution in [3.8, 4) is 5.75 Å². The summed E-state index contributed by atoms with van der Waals surface area (Å²) in [7, 11) is 1.53. The molecule has 0 fully saturated rings. The van der Waals surface area contributed by atoms with Crippen molar-refractivity contribution >= 4 is 34.9 Å². The lowest BCUT2D eigenvalue weighted by atomic mass is 10.1. The second-order valence-electron chi connectivity index (χ2n) is 5.37. The zero-order valence-electron chi connectivity index (χ0n) is 14.2. The Balaban J connectivity index is 1.72. The number of carbonyl (C=O) groups excluding carboxylic acids is 3. The van der Waals surface area contributed by atoms with Crippen molar-refractivity contribution in [3.63, 3.8) is 0 Å². The molecular formula is C19H18ClNO5. The maximum atomic E-state index is 12.0. The number of hydrogen-bond acceptors (Lipinski definition) is 5. The van der Waals surface area contributed by atoms with E-state index in [0.29, 0.717) is 22.0 Å². The van der Waals surface area contributed by atoms with Crippen molar-refractivity contribution < 1.29 is 23.9 Å². The van der Waals surface area contributed by atoms with Crippen LogP contribution in [0.15, 0.2) is 48.5 Å². The average Bonchev–Trinajstić information content (AvgIpc) is 2.64. The van der Waals surface area contributed by atoms with Gasteiger partial charge in [-0.1, -0.05) is 17.7 Å². The molecule has 136 valence electrons. The molecule has 26 heavy (non-hydrogen) atoms. The van der Waals surface area contributed by atoms with Crippen molar-refractivity contribution in [2.24, 2.45) is 0 Å². The number of amides is 1. The van der Waals surface area contributed by atoms with Crippen molar-refractivity contribution in [3.05, 3.63) is 59.1 Å². The predicted octanol–water partition coefficient (Wildman–Crippen LogP) is 3.49. The Kier molecular flexibility index (Phi) is 7.17. The molecule has 0 spiro atoms. The van der Waals surface area contributed by atoms with Gasteiger partial charge in [-0.05, 0) is 42.5 Å². The predicted molar refractivity (Wildman–Crippen MR) is 97.6 cm³/mol. The molecule has 2 aromatic rings. The SMILES string of the molecule is COc1ccc(C(=O)COC(=O)CCC(=O)Nc2cccc(Cl)c2)cc1. The van der Waals surface area contributed by atoms with E-state index in [1.165, 1.54) is 7.11 Å². The number of carbonyl (C=O) groups is 3.